The molecule has 0 amide bonds. The van der Waals surface area contributed by atoms with Gasteiger partial charge in [0.1, 0.15) is 0 Å². The number of hydrogen-bond acceptors (Lipinski definition) is 3. The van der Waals surface area contributed by atoms with Crippen molar-refractivity contribution in [1.82, 2.24) is 0 Å². The first-order valence-corrected chi connectivity index (χ1v) is 4.77. The van der Waals surface area contributed by atoms with Crippen LogP contribution in [-0.2, 0) is 9.47 Å². The minimum Gasteiger partial charge on any atom is -0.379 e. The van der Waals surface area contributed by atoms with E-state index in [0.717, 1.165) is 39.1 Å². The van der Waals surface area contributed by atoms with Crippen molar-refractivity contribution in [2.24, 2.45) is 5.73 Å². The average molecular weight is 171 g/mol. The second kappa shape index (κ2) is 3.32. The number of hydrogen-bond donors (Lipinski definition) is 1. The molecule has 1 saturated heterocycles. The Morgan fingerprint density at radius 3 is 2.83 bits per heavy atom. The van der Waals surface area contributed by atoms with Crippen molar-refractivity contribution in [2.45, 2.75) is 37.3 Å². The zero-order valence-corrected chi connectivity index (χ0v) is 7.42. The Bertz CT molecular complexity index is 151. The van der Waals surface area contributed by atoms with Gasteiger partial charge in [-0.2, -0.15) is 0 Å². The van der Waals surface area contributed by atoms with E-state index in [1.165, 1.54) is 6.42 Å². The summed E-state index contributed by atoms with van der Waals surface area (Å²) in [6.45, 7) is 2.33. The molecule has 1 aliphatic carbocycles. The highest BCUT2D eigenvalue weighted by atomic mass is 16.5. The number of ether oxygens (including phenoxy) is 2. The summed E-state index contributed by atoms with van der Waals surface area (Å²) >= 11 is 0. The second-order valence-electron chi connectivity index (χ2n) is 4.01. The molecule has 70 valence electrons. The fourth-order valence-electron chi connectivity index (χ4n) is 1.70. The molecule has 1 aliphatic heterocycles. The molecule has 0 aromatic heterocycles. The van der Waals surface area contributed by atoms with E-state index >= 15 is 0 Å². The summed E-state index contributed by atoms with van der Waals surface area (Å²) in [5.74, 6) is 0. The molecule has 3 heteroatoms. The van der Waals surface area contributed by atoms with Crippen molar-refractivity contribution < 1.29 is 9.47 Å². The van der Waals surface area contributed by atoms with E-state index in [4.69, 9.17) is 15.2 Å². The van der Waals surface area contributed by atoms with Crippen LogP contribution in [0.15, 0.2) is 0 Å². The maximum absolute atomic E-state index is 6.02. The SMILES string of the molecule is NC1(COC2CCOC2)CCC1. The van der Waals surface area contributed by atoms with Crippen LogP contribution in [0, 0.1) is 0 Å². The van der Waals surface area contributed by atoms with Gasteiger partial charge in [-0.05, 0) is 25.7 Å². The van der Waals surface area contributed by atoms with Gasteiger partial charge in [0, 0.05) is 12.1 Å². The van der Waals surface area contributed by atoms with Gasteiger partial charge in [0.05, 0.1) is 19.3 Å². The summed E-state index contributed by atoms with van der Waals surface area (Å²) in [6.07, 6.45) is 4.86. The summed E-state index contributed by atoms with van der Waals surface area (Å²) in [7, 11) is 0. The molecule has 2 aliphatic rings. The molecule has 12 heavy (non-hydrogen) atoms. The van der Waals surface area contributed by atoms with Gasteiger partial charge in [-0.1, -0.05) is 0 Å². The van der Waals surface area contributed by atoms with Gasteiger partial charge in [0.15, 0.2) is 0 Å². The highest BCUT2D eigenvalue weighted by Crippen LogP contribution is 2.29. The van der Waals surface area contributed by atoms with Gasteiger partial charge in [0.2, 0.25) is 0 Å². The Balaban J connectivity index is 1.67. The average Bonchev–Trinajstić information content (AvgIpc) is 2.49. The predicted octanol–water partition coefficient (Wildman–Crippen LogP) is 0.673. The Hall–Kier alpha value is -0.120. The van der Waals surface area contributed by atoms with Crippen molar-refractivity contribution in [3.8, 4) is 0 Å². The van der Waals surface area contributed by atoms with Crippen molar-refractivity contribution in [3.05, 3.63) is 0 Å². The number of nitrogens with two attached hydrogens (primary N) is 1. The van der Waals surface area contributed by atoms with E-state index in [2.05, 4.69) is 0 Å². The molecule has 1 saturated carbocycles. The highest BCUT2D eigenvalue weighted by Gasteiger charge is 2.33. The van der Waals surface area contributed by atoms with Crippen molar-refractivity contribution in [2.75, 3.05) is 19.8 Å². The van der Waals surface area contributed by atoms with E-state index < -0.39 is 0 Å². The van der Waals surface area contributed by atoms with Gasteiger partial charge < -0.3 is 15.2 Å². The third kappa shape index (κ3) is 1.79. The predicted molar refractivity (Wildman–Crippen MR) is 45.9 cm³/mol. The third-order valence-electron chi connectivity index (χ3n) is 2.84. The summed E-state index contributed by atoms with van der Waals surface area (Å²) in [5.41, 5.74) is 6.02. The fraction of sp³-hybridized carbons (Fsp3) is 1.00. The van der Waals surface area contributed by atoms with Crippen LogP contribution in [0.4, 0.5) is 0 Å². The van der Waals surface area contributed by atoms with Crippen LogP contribution < -0.4 is 5.73 Å². The quantitative estimate of drug-likeness (QED) is 0.679. The van der Waals surface area contributed by atoms with Crippen LogP contribution >= 0.6 is 0 Å². The van der Waals surface area contributed by atoms with E-state index in [9.17, 15) is 0 Å². The monoisotopic (exact) mass is 171 g/mol. The molecular weight excluding hydrogens is 154 g/mol. The van der Waals surface area contributed by atoms with Gasteiger partial charge in [-0.15, -0.1) is 0 Å². The minimum absolute atomic E-state index is 0.00257. The first-order chi connectivity index (χ1) is 5.79. The van der Waals surface area contributed by atoms with E-state index in [1.54, 1.807) is 0 Å². The van der Waals surface area contributed by atoms with E-state index in [-0.39, 0.29) is 5.54 Å². The normalized spacial score (nSPS) is 33.2. The summed E-state index contributed by atoms with van der Waals surface area (Å²) in [4.78, 5) is 0. The lowest BCUT2D eigenvalue weighted by molar-refractivity contribution is -0.00640. The maximum atomic E-state index is 6.02. The van der Waals surface area contributed by atoms with Crippen molar-refractivity contribution >= 4 is 0 Å². The molecule has 2 N–H and O–H groups in total. The van der Waals surface area contributed by atoms with Crippen molar-refractivity contribution in [3.63, 3.8) is 0 Å². The zero-order valence-electron chi connectivity index (χ0n) is 7.42. The molecule has 2 rings (SSSR count). The molecule has 0 spiro atoms. The molecule has 0 aromatic rings. The van der Waals surface area contributed by atoms with Crippen LogP contribution in [0.3, 0.4) is 0 Å². The molecule has 3 nitrogen and oxygen atoms in total. The first kappa shape index (κ1) is 8.48. The molecule has 0 aromatic carbocycles. The highest BCUT2D eigenvalue weighted by molar-refractivity contribution is 4.92. The minimum atomic E-state index is 0.00257. The Morgan fingerprint density at radius 2 is 2.33 bits per heavy atom. The molecule has 2 fully saturated rings. The fourth-order valence-corrected chi connectivity index (χ4v) is 1.70. The number of rotatable bonds is 3. The van der Waals surface area contributed by atoms with E-state index in [1.807, 2.05) is 0 Å². The van der Waals surface area contributed by atoms with Gasteiger partial charge in [-0.25, -0.2) is 0 Å². The molecule has 1 unspecified atom stereocenters. The van der Waals surface area contributed by atoms with Crippen LogP contribution in [0.25, 0.3) is 0 Å². The topological polar surface area (TPSA) is 44.5 Å². The van der Waals surface area contributed by atoms with Crippen LogP contribution in [-0.4, -0.2) is 31.5 Å². The lowest BCUT2D eigenvalue weighted by Crippen LogP contribution is -2.51. The molecule has 1 atom stereocenters. The van der Waals surface area contributed by atoms with Gasteiger partial charge in [-0.3, -0.25) is 0 Å². The van der Waals surface area contributed by atoms with Crippen molar-refractivity contribution in [1.29, 1.82) is 0 Å². The van der Waals surface area contributed by atoms with Gasteiger partial charge in [0.25, 0.3) is 0 Å². The zero-order chi connectivity index (χ0) is 8.44. The molecular formula is C9H17NO2. The van der Waals surface area contributed by atoms with Gasteiger partial charge >= 0.3 is 0 Å². The molecule has 1 heterocycles. The maximum Gasteiger partial charge on any atom is 0.0831 e. The van der Waals surface area contributed by atoms with Crippen LogP contribution in [0.5, 0.6) is 0 Å². The standard InChI is InChI=1S/C9H17NO2/c10-9(3-1-4-9)7-12-8-2-5-11-6-8/h8H,1-7,10H2. The first-order valence-electron chi connectivity index (χ1n) is 4.77. The Morgan fingerprint density at radius 1 is 1.50 bits per heavy atom. The smallest absolute Gasteiger partial charge is 0.0831 e. The summed E-state index contributed by atoms with van der Waals surface area (Å²) in [6, 6.07) is 0. The van der Waals surface area contributed by atoms with E-state index in [0.29, 0.717) is 6.10 Å². The van der Waals surface area contributed by atoms with Crippen LogP contribution in [0.1, 0.15) is 25.7 Å². The largest absolute Gasteiger partial charge is 0.379 e. The lowest BCUT2D eigenvalue weighted by atomic mass is 9.78. The molecule has 0 radical (unpaired) electrons. The van der Waals surface area contributed by atoms with Crippen LogP contribution in [0.2, 0.25) is 0 Å². The Labute approximate surface area is 73.2 Å². The summed E-state index contributed by atoms with van der Waals surface area (Å²) in [5, 5.41) is 0. The molecule has 0 bridgehead atoms. The third-order valence-corrected chi connectivity index (χ3v) is 2.84. The summed E-state index contributed by atoms with van der Waals surface area (Å²) < 4.78 is 10.9. The lowest BCUT2D eigenvalue weighted by Gasteiger charge is -2.38. The Kier molecular flexibility index (Phi) is 2.35. The second-order valence-corrected chi connectivity index (χ2v) is 4.01.